The number of nitrogens with zero attached hydrogens (tertiary/aromatic N) is 4. The van der Waals surface area contributed by atoms with Gasteiger partial charge in [0.1, 0.15) is 12.1 Å². The van der Waals surface area contributed by atoms with Gasteiger partial charge in [0.2, 0.25) is 0 Å². The van der Waals surface area contributed by atoms with E-state index < -0.39 is 0 Å². The first kappa shape index (κ1) is 22.6. The zero-order valence-corrected chi connectivity index (χ0v) is 19.1. The molecule has 0 saturated heterocycles. The van der Waals surface area contributed by atoms with Crippen molar-refractivity contribution in [3.63, 3.8) is 0 Å². The molecule has 0 atom stereocenters. The summed E-state index contributed by atoms with van der Waals surface area (Å²) in [5.41, 5.74) is 1.13. The first-order valence-electron chi connectivity index (χ1n) is 10.3. The Bertz CT molecular complexity index is 695. The number of nitrogens with one attached hydrogen (secondary N) is 2. The second-order valence-electron chi connectivity index (χ2n) is 7.26. The third-order valence-electron chi connectivity index (χ3n) is 5.15. The second kappa shape index (κ2) is 12.7. The van der Waals surface area contributed by atoms with Crippen molar-refractivity contribution in [1.29, 1.82) is 0 Å². The van der Waals surface area contributed by atoms with Gasteiger partial charge in [-0.15, -0.1) is 24.0 Å². The van der Waals surface area contributed by atoms with Gasteiger partial charge in [-0.2, -0.15) is 0 Å². The number of imidazole rings is 1. The molecule has 0 aliphatic heterocycles. The van der Waals surface area contributed by atoms with Crippen LogP contribution in [0.3, 0.4) is 0 Å². The average molecular weight is 496 g/mol. The first-order chi connectivity index (χ1) is 13.3. The van der Waals surface area contributed by atoms with Crippen LogP contribution in [0, 0.1) is 5.92 Å². The van der Waals surface area contributed by atoms with E-state index in [9.17, 15) is 0 Å². The van der Waals surface area contributed by atoms with Gasteiger partial charge in [0.15, 0.2) is 5.96 Å². The molecule has 0 amide bonds. The van der Waals surface area contributed by atoms with E-state index in [-0.39, 0.29) is 24.0 Å². The molecule has 2 aromatic rings. The van der Waals surface area contributed by atoms with Crippen LogP contribution in [0.1, 0.15) is 57.4 Å². The van der Waals surface area contributed by atoms with Crippen molar-refractivity contribution in [2.24, 2.45) is 10.9 Å². The fourth-order valence-electron chi connectivity index (χ4n) is 3.67. The lowest BCUT2D eigenvalue weighted by Crippen LogP contribution is -2.37. The van der Waals surface area contributed by atoms with Gasteiger partial charge >= 0.3 is 0 Å². The maximum absolute atomic E-state index is 4.72. The highest BCUT2D eigenvalue weighted by Crippen LogP contribution is 2.28. The summed E-state index contributed by atoms with van der Waals surface area (Å²) in [7, 11) is 0. The zero-order chi connectivity index (χ0) is 18.7. The molecule has 0 spiro atoms. The van der Waals surface area contributed by atoms with Gasteiger partial charge < -0.3 is 10.6 Å². The number of unbranched alkanes of at least 4 members (excludes halogenated alkanes) is 1. The van der Waals surface area contributed by atoms with E-state index in [0.717, 1.165) is 36.3 Å². The number of hydrogen-bond acceptors (Lipinski definition) is 3. The maximum atomic E-state index is 4.72. The molecule has 1 aliphatic carbocycles. The summed E-state index contributed by atoms with van der Waals surface area (Å²) in [6, 6.07) is 4.06. The van der Waals surface area contributed by atoms with Crippen LogP contribution in [0.25, 0.3) is 5.82 Å². The fraction of sp³-hybridized carbons (Fsp3) is 0.571. The average Bonchev–Trinajstić information content (AvgIpc) is 3.40. The second-order valence-corrected chi connectivity index (χ2v) is 7.26. The molecule has 2 heterocycles. The minimum absolute atomic E-state index is 0. The lowest BCUT2D eigenvalue weighted by atomic mass is 10.0. The number of halogens is 1. The molecule has 3 rings (SSSR count). The molecular formula is C21H33IN6. The summed E-state index contributed by atoms with van der Waals surface area (Å²) in [6.07, 6.45) is 16.9. The Hall–Kier alpha value is -1.64. The molecule has 0 unspecified atom stereocenters. The van der Waals surface area contributed by atoms with Gasteiger partial charge in [0.05, 0.1) is 6.54 Å². The van der Waals surface area contributed by atoms with Crippen LogP contribution >= 0.6 is 24.0 Å². The summed E-state index contributed by atoms with van der Waals surface area (Å²) in [5, 5.41) is 6.80. The largest absolute Gasteiger partial charge is 0.357 e. The van der Waals surface area contributed by atoms with Crippen LogP contribution in [-0.2, 0) is 6.54 Å². The van der Waals surface area contributed by atoms with E-state index in [1.807, 2.05) is 23.0 Å². The van der Waals surface area contributed by atoms with E-state index in [2.05, 4.69) is 33.6 Å². The molecule has 154 valence electrons. The predicted molar refractivity (Wildman–Crippen MR) is 125 cm³/mol. The minimum Gasteiger partial charge on any atom is -0.357 e. The molecule has 28 heavy (non-hydrogen) atoms. The molecule has 0 bridgehead atoms. The fourth-order valence-corrected chi connectivity index (χ4v) is 3.67. The SMILES string of the molecule is CCNC(=NCc1ccnc(-n2ccnc2)c1)NCCCCC1CCCC1.I. The third kappa shape index (κ3) is 7.41. The molecular weight excluding hydrogens is 463 g/mol. The monoisotopic (exact) mass is 496 g/mol. The number of aromatic nitrogens is 3. The number of rotatable bonds is 9. The van der Waals surface area contributed by atoms with Crippen LogP contribution in [0.15, 0.2) is 42.0 Å². The highest BCUT2D eigenvalue weighted by molar-refractivity contribution is 14.0. The number of guanidine groups is 1. The number of pyridine rings is 1. The Morgan fingerprint density at radius 3 is 2.82 bits per heavy atom. The molecule has 6 nitrogen and oxygen atoms in total. The van der Waals surface area contributed by atoms with E-state index in [4.69, 9.17) is 4.99 Å². The van der Waals surface area contributed by atoms with Crippen molar-refractivity contribution in [3.8, 4) is 5.82 Å². The highest BCUT2D eigenvalue weighted by atomic mass is 127. The molecule has 0 radical (unpaired) electrons. The molecule has 1 saturated carbocycles. The lowest BCUT2D eigenvalue weighted by Gasteiger charge is -2.12. The van der Waals surface area contributed by atoms with Crippen LogP contribution in [0.4, 0.5) is 0 Å². The zero-order valence-electron chi connectivity index (χ0n) is 16.8. The van der Waals surface area contributed by atoms with Gasteiger partial charge in [-0.1, -0.05) is 38.5 Å². The Balaban J connectivity index is 0.00000280. The van der Waals surface area contributed by atoms with Crippen LogP contribution in [0.2, 0.25) is 0 Å². The summed E-state index contributed by atoms with van der Waals surface area (Å²) < 4.78 is 1.90. The molecule has 1 fully saturated rings. The normalized spacial score (nSPS) is 14.7. The van der Waals surface area contributed by atoms with Crippen molar-refractivity contribution in [1.82, 2.24) is 25.2 Å². The molecule has 2 aromatic heterocycles. The van der Waals surface area contributed by atoms with E-state index in [1.54, 1.807) is 12.5 Å². The van der Waals surface area contributed by atoms with E-state index in [1.165, 1.54) is 44.9 Å². The first-order valence-corrected chi connectivity index (χ1v) is 10.3. The van der Waals surface area contributed by atoms with Gasteiger partial charge in [-0.3, -0.25) is 4.57 Å². The van der Waals surface area contributed by atoms with Crippen LogP contribution in [-0.4, -0.2) is 33.6 Å². The Kier molecular flexibility index (Phi) is 10.3. The van der Waals surface area contributed by atoms with Crippen molar-refractivity contribution in [2.45, 2.75) is 58.4 Å². The van der Waals surface area contributed by atoms with E-state index >= 15 is 0 Å². The molecule has 0 aromatic carbocycles. The Morgan fingerprint density at radius 1 is 1.21 bits per heavy atom. The molecule has 2 N–H and O–H groups in total. The lowest BCUT2D eigenvalue weighted by molar-refractivity contribution is 0.472. The van der Waals surface area contributed by atoms with E-state index in [0.29, 0.717) is 6.54 Å². The van der Waals surface area contributed by atoms with Crippen LogP contribution < -0.4 is 10.6 Å². The summed E-state index contributed by atoms with van der Waals surface area (Å²) in [6.45, 7) is 4.57. The summed E-state index contributed by atoms with van der Waals surface area (Å²) >= 11 is 0. The Morgan fingerprint density at radius 2 is 2.07 bits per heavy atom. The topological polar surface area (TPSA) is 67.1 Å². The van der Waals surface area contributed by atoms with Gasteiger partial charge in [-0.05, 0) is 37.0 Å². The van der Waals surface area contributed by atoms with Crippen molar-refractivity contribution in [3.05, 3.63) is 42.6 Å². The predicted octanol–water partition coefficient (Wildman–Crippen LogP) is 4.30. The van der Waals surface area contributed by atoms with Crippen molar-refractivity contribution < 1.29 is 0 Å². The van der Waals surface area contributed by atoms with Crippen molar-refractivity contribution >= 4 is 29.9 Å². The summed E-state index contributed by atoms with van der Waals surface area (Å²) in [5.74, 6) is 2.74. The smallest absolute Gasteiger partial charge is 0.191 e. The van der Waals surface area contributed by atoms with Gasteiger partial charge in [0.25, 0.3) is 0 Å². The third-order valence-corrected chi connectivity index (χ3v) is 5.15. The minimum atomic E-state index is 0. The van der Waals surface area contributed by atoms with Gasteiger partial charge in [-0.25, -0.2) is 15.0 Å². The van der Waals surface area contributed by atoms with Crippen molar-refractivity contribution in [2.75, 3.05) is 13.1 Å². The number of aliphatic imine (C=N–C) groups is 1. The highest BCUT2D eigenvalue weighted by Gasteiger charge is 2.13. The maximum Gasteiger partial charge on any atom is 0.191 e. The van der Waals surface area contributed by atoms with Gasteiger partial charge in [0, 0.05) is 31.7 Å². The molecule has 7 heteroatoms. The Labute approximate surface area is 185 Å². The quantitative estimate of drug-likeness (QED) is 0.235. The summed E-state index contributed by atoms with van der Waals surface area (Å²) in [4.78, 5) is 13.2. The standard InChI is InChI=1S/C21H32N6.HI/c1-2-23-21(25-11-6-5-9-18-7-3-4-8-18)26-16-19-10-12-24-20(15-19)27-14-13-22-17-27;/h10,12-15,17-18H,2-9,11,16H2,1H3,(H2,23,25,26);1H. The van der Waals surface area contributed by atoms with Crippen LogP contribution in [0.5, 0.6) is 0 Å². The number of hydrogen-bond donors (Lipinski definition) is 2. The molecule has 1 aliphatic rings.